The minimum Gasteiger partial charge on any atom is -0.330 e. The molecular formula is C7H14N2. The number of unbranched alkanes of at least 4 members (excludes halogenated alkanes) is 1. The van der Waals surface area contributed by atoms with Gasteiger partial charge in [0.2, 0.25) is 0 Å². The zero-order valence-corrected chi connectivity index (χ0v) is 5.85. The van der Waals surface area contributed by atoms with Crippen LogP contribution in [-0.2, 0) is 0 Å². The standard InChI is InChI=1S/C7H14N2/c1-7(9)5-3-2-4-6-8/h3,5,9H,2,4,6,8H2,1H3/b5-3-,9-7?. The van der Waals surface area contributed by atoms with Crippen LogP contribution in [0.1, 0.15) is 19.8 Å². The van der Waals surface area contributed by atoms with Crippen molar-refractivity contribution < 1.29 is 0 Å². The fourth-order valence-corrected chi connectivity index (χ4v) is 0.496. The van der Waals surface area contributed by atoms with Gasteiger partial charge < -0.3 is 11.1 Å². The highest BCUT2D eigenvalue weighted by Gasteiger charge is 1.77. The first kappa shape index (κ1) is 8.37. The maximum atomic E-state index is 7.01. The Bertz CT molecular complexity index is 105. The lowest BCUT2D eigenvalue weighted by Gasteiger charge is -1.87. The van der Waals surface area contributed by atoms with E-state index in [0.29, 0.717) is 5.71 Å². The van der Waals surface area contributed by atoms with Crippen LogP contribution < -0.4 is 5.73 Å². The highest BCUT2D eigenvalue weighted by Crippen LogP contribution is 1.87. The van der Waals surface area contributed by atoms with Gasteiger partial charge in [-0.05, 0) is 32.4 Å². The first-order chi connectivity index (χ1) is 4.27. The second-order valence-corrected chi connectivity index (χ2v) is 2.02. The average molecular weight is 126 g/mol. The van der Waals surface area contributed by atoms with Crippen molar-refractivity contribution >= 4 is 5.71 Å². The van der Waals surface area contributed by atoms with Gasteiger partial charge in [-0.25, -0.2) is 0 Å². The van der Waals surface area contributed by atoms with Gasteiger partial charge in [0.25, 0.3) is 0 Å². The number of rotatable bonds is 4. The maximum absolute atomic E-state index is 7.01. The Morgan fingerprint density at radius 2 is 2.33 bits per heavy atom. The summed E-state index contributed by atoms with van der Waals surface area (Å²) < 4.78 is 0. The number of hydrogen-bond donors (Lipinski definition) is 2. The molecule has 9 heavy (non-hydrogen) atoms. The quantitative estimate of drug-likeness (QED) is 0.433. The van der Waals surface area contributed by atoms with Gasteiger partial charge in [0.1, 0.15) is 0 Å². The van der Waals surface area contributed by atoms with Crippen molar-refractivity contribution in [2.75, 3.05) is 6.54 Å². The summed E-state index contributed by atoms with van der Waals surface area (Å²) in [6.45, 7) is 2.50. The Kier molecular flexibility index (Phi) is 5.12. The minimum atomic E-state index is 0.604. The average Bonchev–Trinajstić information content (AvgIpc) is 1.80. The molecule has 0 aliphatic heterocycles. The molecule has 3 N–H and O–H groups in total. The monoisotopic (exact) mass is 126 g/mol. The van der Waals surface area contributed by atoms with Gasteiger partial charge in [-0.1, -0.05) is 6.08 Å². The molecule has 52 valence electrons. The normalized spacial score (nSPS) is 10.4. The molecule has 0 atom stereocenters. The van der Waals surface area contributed by atoms with Crippen LogP contribution in [0.4, 0.5) is 0 Å². The highest BCUT2D eigenvalue weighted by atomic mass is 14.5. The van der Waals surface area contributed by atoms with Gasteiger partial charge in [0.15, 0.2) is 0 Å². The van der Waals surface area contributed by atoms with Crippen molar-refractivity contribution in [3.8, 4) is 0 Å². The molecule has 0 saturated carbocycles. The Labute approximate surface area is 56.3 Å². The molecule has 0 fully saturated rings. The summed E-state index contributed by atoms with van der Waals surface area (Å²) in [5, 5.41) is 7.01. The Hall–Kier alpha value is -0.630. The molecule has 0 spiro atoms. The Balaban J connectivity index is 3.15. The van der Waals surface area contributed by atoms with Gasteiger partial charge in [-0.3, -0.25) is 0 Å². The third kappa shape index (κ3) is 7.37. The molecule has 0 saturated heterocycles. The molecule has 2 nitrogen and oxygen atoms in total. The van der Waals surface area contributed by atoms with Crippen LogP contribution in [0.5, 0.6) is 0 Å². The molecule has 0 aliphatic carbocycles. The number of nitrogens with two attached hydrogens (primary N) is 1. The summed E-state index contributed by atoms with van der Waals surface area (Å²) >= 11 is 0. The third-order valence-corrected chi connectivity index (χ3v) is 0.943. The summed E-state index contributed by atoms with van der Waals surface area (Å²) in [6.07, 6.45) is 5.79. The van der Waals surface area contributed by atoms with Crippen LogP contribution in [0.15, 0.2) is 12.2 Å². The fraction of sp³-hybridized carbons (Fsp3) is 0.571. The predicted molar refractivity (Wildman–Crippen MR) is 40.8 cm³/mol. The van der Waals surface area contributed by atoms with Crippen molar-refractivity contribution in [3.63, 3.8) is 0 Å². The summed E-state index contributed by atoms with van der Waals surface area (Å²) in [6, 6.07) is 0. The molecule has 0 aromatic rings. The predicted octanol–water partition coefficient (Wildman–Crippen LogP) is 1.32. The van der Waals surface area contributed by atoms with Crippen molar-refractivity contribution in [2.45, 2.75) is 19.8 Å². The molecular weight excluding hydrogens is 112 g/mol. The molecule has 0 aromatic carbocycles. The molecule has 0 bridgehead atoms. The molecule has 2 heteroatoms. The molecule has 0 aliphatic rings. The largest absolute Gasteiger partial charge is 0.330 e. The van der Waals surface area contributed by atoms with Crippen LogP contribution in [-0.4, -0.2) is 12.3 Å². The van der Waals surface area contributed by atoms with Crippen molar-refractivity contribution in [2.24, 2.45) is 5.73 Å². The zero-order chi connectivity index (χ0) is 7.11. The minimum absolute atomic E-state index is 0.604. The van der Waals surface area contributed by atoms with E-state index in [0.717, 1.165) is 19.4 Å². The van der Waals surface area contributed by atoms with E-state index in [-0.39, 0.29) is 0 Å². The van der Waals surface area contributed by atoms with Crippen molar-refractivity contribution in [1.82, 2.24) is 0 Å². The smallest absolute Gasteiger partial charge is 0.0279 e. The molecule has 0 radical (unpaired) electrons. The molecule has 0 rings (SSSR count). The van der Waals surface area contributed by atoms with Gasteiger partial charge in [-0.2, -0.15) is 0 Å². The van der Waals surface area contributed by atoms with Crippen molar-refractivity contribution in [3.05, 3.63) is 12.2 Å². The van der Waals surface area contributed by atoms with E-state index in [1.807, 2.05) is 6.08 Å². The zero-order valence-electron chi connectivity index (χ0n) is 5.85. The van der Waals surface area contributed by atoms with E-state index in [1.54, 1.807) is 13.0 Å². The molecule has 0 amide bonds. The van der Waals surface area contributed by atoms with Gasteiger partial charge >= 0.3 is 0 Å². The van der Waals surface area contributed by atoms with Crippen LogP contribution >= 0.6 is 0 Å². The lowest BCUT2D eigenvalue weighted by molar-refractivity contribution is 0.855. The van der Waals surface area contributed by atoms with Gasteiger partial charge in [0, 0.05) is 5.71 Å². The summed E-state index contributed by atoms with van der Waals surface area (Å²) in [4.78, 5) is 0. The molecule has 0 unspecified atom stereocenters. The van der Waals surface area contributed by atoms with Crippen LogP contribution in [0.2, 0.25) is 0 Å². The number of allylic oxidation sites excluding steroid dienone is 2. The lowest BCUT2D eigenvalue weighted by atomic mass is 10.2. The van der Waals surface area contributed by atoms with E-state index >= 15 is 0 Å². The van der Waals surface area contributed by atoms with E-state index in [9.17, 15) is 0 Å². The summed E-state index contributed by atoms with van der Waals surface area (Å²) in [5.41, 5.74) is 5.86. The fourth-order valence-electron chi connectivity index (χ4n) is 0.496. The summed E-state index contributed by atoms with van der Waals surface area (Å²) in [7, 11) is 0. The highest BCUT2D eigenvalue weighted by molar-refractivity contribution is 5.89. The number of hydrogen-bond acceptors (Lipinski definition) is 2. The third-order valence-electron chi connectivity index (χ3n) is 0.943. The summed E-state index contributed by atoms with van der Waals surface area (Å²) in [5.74, 6) is 0. The van der Waals surface area contributed by atoms with Crippen LogP contribution in [0.25, 0.3) is 0 Å². The van der Waals surface area contributed by atoms with E-state index in [1.165, 1.54) is 0 Å². The number of nitrogens with one attached hydrogen (secondary N) is 1. The topological polar surface area (TPSA) is 49.9 Å². The first-order valence-corrected chi connectivity index (χ1v) is 3.19. The van der Waals surface area contributed by atoms with Gasteiger partial charge in [-0.15, -0.1) is 0 Å². The van der Waals surface area contributed by atoms with Crippen molar-refractivity contribution in [1.29, 1.82) is 5.41 Å². The van der Waals surface area contributed by atoms with E-state index < -0.39 is 0 Å². The van der Waals surface area contributed by atoms with E-state index in [4.69, 9.17) is 11.1 Å². The van der Waals surface area contributed by atoms with Crippen LogP contribution in [0.3, 0.4) is 0 Å². The van der Waals surface area contributed by atoms with E-state index in [2.05, 4.69) is 0 Å². The van der Waals surface area contributed by atoms with Gasteiger partial charge in [0.05, 0.1) is 0 Å². The second-order valence-electron chi connectivity index (χ2n) is 2.02. The second kappa shape index (κ2) is 5.51. The maximum Gasteiger partial charge on any atom is 0.0279 e. The van der Waals surface area contributed by atoms with Crippen LogP contribution in [0, 0.1) is 5.41 Å². The lowest BCUT2D eigenvalue weighted by Crippen LogP contribution is -1.96. The first-order valence-electron chi connectivity index (χ1n) is 3.19. The molecule has 0 heterocycles. The Morgan fingerprint density at radius 3 is 2.78 bits per heavy atom. The Morgan fingerprint density at radius 1 is 1.67 bits per heavy atom. The SMILES string of the molecule is CC(=N)/C=C\CCCN. The molecule has 0 aromatic heterocycles.